The first-order valence-electron chi connectivity index (χ1n) is 7.24. The molecule has 0 unspecified atom stereocenters. The lowest BCUT2D eigenvalue weighted by atomic mass is 10.1. The molecule has 1 heterocycles. The Hall–Kier alpha value is -2.10. The summed E-state index contributed by atoms with van der Waals surface area (Å²) >= 11 is 0. The SMILES string of the molecule is CC(C)=CCN1C(=O)CN(Cc2ccccc2)C(=O)[C@H]1C. The smallest absolute Gasteiger partial charge is 0.245 e. The molecule has 1 saturated heterocycles. The number of hydrogen-bond donors (Lipinski definition) is 0. The molecular formula is C17H22N2O2. The third-order valence-electron chi connectivity index (χ3n) is 3.70. The second kappa shape index (κ2) is 6.57. The Morgan fingerprint density at radius 2 is 1.90 bits per heavy atom. The van der Waals surface area contributed by atoms with Crippen molar-refractivity contribution in [3.8, 4) is 0 Å². The maximum absolute atomic E-state index is 12.4. The third-order valence-corrected chi connectivity index (χ3v) is 3.70. The molecule has 0 N–H and O–H groups in total. The van der Waals surface area contributed by atoms with E-state index in [1.54, 1.807) is 16.7 Å². The minimum Gasteiger partial charge on any atom is -0.327 e. The van der Waals surface area contributed by atoms with E-state index in [1.807, 2.05) is 50.3 Å². The summed E-state index contributed by atoms with van der Waals surface area (Å²) in [5.74, 6) is 0.0242. The molecule has 0 saturated carbocycles. The first-order valence-corrected chi connectivity index (χ1v) is 7.24. The van der Waals surface area contributed by atoms with Gasteiger partial charge in [-0.2, -0.15) is 0 Å². The Morgan fingerprint density at radius 1 is 1.24 bits per heavy atom. The van der Waals surface area contributed by atoms with E-state index in [0.717, 1.165) is 11.1 Å². The van der Waals surface area contributed by atoms with Gasteiger partial charge in [-0.3, -0.25) is 9.59 Å². The van der Waals surface area contributed by atoms with E-state index in [1.165, 1.54) is 0 Å². The number of carbonyl (C=O) groups is 2. The lowest BCUT2D eigenvalue weighted by molar-refractivity contribution is -0.155. The van der Waals surface area contributed by atoms with Gasteiger partial charge < -0.3 is 9.80 Å². The predicted octanol–water partition coefficient (Wildman–Crippen LogP) is 2.21. The van der Waals surface area contributed by atoms with Crippen LogP contribution in [0.1, 0.15) is 26.3 Å². The first kappa shape index (κ1) is 15.3. The Bertz CT molecular complexity index is 547. The van der Waals surface area contributed by atoms with E-state index >= 15 is 0 Å². The van der Waals surface area contributed by atoms with Gasteiger partial charge >= 0.3 is 0 Å². The van der Waals surface area contributed by atoms with Crippen molar-refractivity contribution in [2.75, 3.05) is 13.1 Å². The highest BCUT2D eigenvalue weighted by Gasteiger charge is 2.35. The number of allylic oxidation sites excluding steroid dienone is 1. The molecule has 0 aromatic heterocycles. The van der Waals surface area contributed by atoms with Gasteiger partial charge in [0.1, 0.15) is 12.6 Å². The zero-order chi connectivity index (χ0) is 15.4. The van der Waals surface area contributed by atoms with Crippen molar-refractivity contribution >= 4 is 11.8 Å². The van der Waals surface area contributed by atoms with Crippen LogP contribution in [0.4, 0.5) is 0 Å². The minimum absolute atomic E-state index is 0.00975. The highest BCUT2D eigenvalue weighted by Crippen LogP contribution is 2.15. The van der Waals surface area contributed by atoms with E-state index in [0.29, 0.717) is 13.1 Å². The molecule has 0 bridgehead atoms. The Labute approximate surface area is 126 Å². The van der Waals surface area contributed by atoms with E-state index in [9.17, 15) is 9.59 Å². The molecule has 2 rings (SSSR count). The molecule has 1 aliphatic heterocycles. The van der Waals surface area contributed by atoms with Crippen molar-refractivity contribution in [1.82, 2.24) is 9.80 Å². The van der Waals surface area contributed by atoms with Crippen molar-refractivity contribution in [2.24, 2.45) is 0 Å². The topological polar surface area (TPSA) is 40.6 Å². The zero-order valence-corrected chi connectivity index (χ0v) is 12.9. The first-order chi connectivity index (χ1) is 9.99. The molecule has 112 valence electrons. The zero-order valence-electron chi connectivity index (χ0n) is 12.9. The molecule has 1 atom stereocenters. The number of piperazine rings is 1. The third kappa shape index (κ3) is 3.72. The van der Waals surface area contributed by atoms with Crippen LogP contribution in [0.2, 0.25) is 0 Å². The summed E-state index contributed by atoms with van der Waals surface area (Å²) in [5.41, 5.74) is 2.19. The summed E-state index contributed by atoms with van der Waals surface area (Å²) in [6.45, 7) is 6.94. The van der Waals surface area contributed by atoms with Gasteiger partial charge in [0.05, 0.1) is 0 Å². The average molecular weight is 286 g/mol. The van der Waals surface area contributed by atoms with Crippen LogP contribution in [0.5, 0.6) is 0 Å². The van der Waals surface area contributed by atoms with Gasteiger partial charge in [-0.15, -0.1) is 0 Å². The molecule has 4 heteroatoms. The monoisotopic (exact) mass is 286 g/mol. The molecule has 1 aliphatic rings. The van der Waals surface area contributed by atoms with Gasteiger partial charge in [-0.1, -0.05) is 42.0 Å². The average Bonchev–Trinajstić information content (AvgIpc) is 2.45. The van der Waals surface area contributed by atoms with Crippen molar-refractivity contribution in [2.45, 2.75) is 33.4 Å². The largest absolute Gasteiger partial charge is 0.327 e. The van der Waals surface area contributed by atoms with Crippen LogP contribution in [-0.4, -0.2) is 40.7 Å². The van der Waals surface area contributed by atoms with E-state index in [-0.39, 0.29) is 18.4 Å². The van der Waals surface area contributed by atoms with Gasteiger partial charge in [0.25, 0.3) is 0 Å². The number of rotatable bonds is 4. The van der Waals surface area contributed by atoms with Crippen molar-refractivity contribution in [1.29, 1.82) is 0 Å². The van der Waals surface area contributed by atoms with E-state index in [2.05, 4.69) is 0 Å². The number of hydrogen-bond acceptors (Lipinski definition) is 2. The molecule has 2 amide bonds. The van der Waals surface area contributed by atoms with Crippen LogP contribution in [0.3, 0.4) is 0 Å². The van der Waals surface area contributed by atoms with Gasteiger partial charge in [-0.05, 0) is 26.3 Å². The van der Waals surface area contributed by atoms with Crippen LogP contribution in [-0.2, 0) is 16.1 Å². The minimum atomic E-state index is -0.398. The van der Waals surface area contributed by atoms with Gasteiger partial charge in [0.2, 0.25) is 11.8 Å². The second-order valence-corrected chi connectivity index (χ2v) is 5.68. The van der Waals surface area contributed by atoms with E-state index in [4.69, 9.17) is 0 Å². The number of amides is 2. The fourth-order valence-corrected chi connectivity index (χ4v) is 2.42. The lowest BCUT2D eigenvalue weighted by Crippen LogP contribution is -2.58. The molecule has 1 aromatic carbocycles. The molecule has 0 radical (unpaired) electrons. The van der Waals surface area contributed by atoms with Crippen molar-refractivity contribution in [3.05, 3.63) is 47.5 Å². The summed E-state index contributed by atoms with van der Waals surface area (Å²) in [5, 5.41) is 0. The Balaban J connectivity index is 2.07. The van der Waals surface area contributed by atoms with Gasteiger partial charge in [-0.25, -0.2) is 0 Å². The number of benzene rings is 1. The Morgan fingerprint density at radius 3 is 2.52 bits per heavy atom. The molecule has 21 heavy (non-hydrogen) atoms. The van der Waals surface area contributed by atoms with Crippen LogP contribution >= 0.6 is 0 Å². The molecule has 1 fully saturated rings. The van der Waals surface area contributed by atoms with E-state index < -0.39 is 6.04 Å². The Kier molecular flexibility index (Phi) is 4.78. The summed E-state index contributed by atoms with van der Waals surface area (Å²) in [7, 11) is 0. The standard InChI is InChI=1S/C17H22N2O2/c1-13(2)9-10-19-14(3)17(21)18(12-16(19)20)11-15-7-5-4-6-8-15/h4-9,14H,10-12H2,1-3H3/t14-/m1/s1. The summed E-state index contributed by atoms with van der Waals surface area (Å²) in [4.78, 5) is 28.0. The molecule has 1 aromatic rings. The summed E-state index contributed by atoms with van der Waals surface area (Å²) < 4.78 is 0. The van der Waals surface area contributed by atoms with Crippen LogP contribution in [0.15, 0.2) is 42.0 Å². The molecule has 0 aliphatic carbocycles. The molecule has 0 spiro atoms. The maximum atomic E-state index is 12.4. The summed E-state index contributed by atoms with van der Waals surface area (Å²) in [6, 6.07) is 9.36. The fraction of sp³-hybridized carbons (Fsp3) is 0.412. The lowest BCUT2D eigenvalue weighted by Gasteiger charge is -2.38. The van der Waals surface area contributed by atoms with Crippen LogP contribution in [0.25, 0.3) is 0 Å². The molecular weight excluding hydrogens is 264 g/mol. The van der Waals surface area contributed by atoms with Crippen molar-refractivity contribution < 1.29 is 9.59 Å². The highest BCUT2D eigenvalue weighted by atomic mass is 16.2. The van der Waals surface area contributed by atoms with Gasteiger partial charge in [0, 0.05) is 13.1 Å². The van der Waals surface area contributed by atoms with Crippen LogP contribution in [0, 0.1) is 0 Å². The van der Waals surface area contributed by atoms with Crippen LogP contribution < -0.4 is 0 Å². The van der Waals surface area contributed by atoms with Crippen molar-refractivity contribution in [3.63, 3.8) is 0 Å². The second-order valence-electron chi connectivity index (χ2n) is 5.68. The highest BCUT2D eigenvalue weighted by molar-refractivity contribution is 5.94. The molecule has 4 nitrogen and oxygen atoms in total. The maximum Gasteiger partial charge on any atom is 0.245 e. The fourth-order valence-electron chi connectivity index (χ4n) is 2.42. The predicted molar refractivity (Wildman–Crippen MR) is 82.5 cm³/mol. The number of carbonyl (C=O) groups excluding carboxylic acids is 2. The van der Waals surface area contributed by atoms with Gasteiger partial charge in [0.15, 0.2) is 0 Å². The normalized spacial score (nSPS) is 18.9. The number of nitrogens with zero attached hydrogens (tertiary/aromatic N) is 2. The summed E-state index contributed by atoms with van der Waals surface area (Å²) in [6.07, 6.45) is 1.98. The quantitative estimate of drug-likeness (QED) is 0.796.